The molecule has 4 nitrogen and oxygen atoms in total. The van der Waals surface area contributed by atoms with Crippen molar-refractivity contribution in [1.29, 1.82) is 0 Å². The summed E-state index contributed by atoms with van der Waals surface area (Å²) in [6.45, 7) is 0. The average molecular weight is 331 g/mol. The minimum Gasteiger partial charge on any atom is -0.475 e. The second kappa shape index (κ2) is 5.54. The van der Waals surface area contributed by atoms with E-state index in [2.05, 4.69) is 20.9 Å². The van der Waals surface area contributed by atoms with Crippen LogP contribution in [0.5, 0.6) is 0 Å². The quantitative estimate of drug-likeness (QED) is 0.870. The third kappa shape index (κ3) is 2.73. The Morgan fingerprint density at radius 3 is 2.61 bits per heavy atom. The van der Waals surface area contributed by atoms with Crippen LogP contribution in [-0.4, -0.2) is 21.4 Å². The molecular weight excluding hydrogens is 321 g/mol. The molecule has 0 atom stereocenters. The van der Waals surface area contributed by atoms with Gasteiger partial charge in [-0.05, 0) is 24.3 Å². The largest absolute Gasteiger partial charge is 0.475 e. The normalized spacial score (nSPS) is 10.6. The lowest BCUT2D eigenvalue weighted by Crippen LogP contribution is -2.00. The Bertz CT molecular complexity index is 565. The fourth-order valence-electron chi connectivity index (χ4n) is 1.49. The van der Waals surface area contributed by atoms with Crippen LogP contribution in [0.1, 0.15) is 16.2 Å². The van der Waals surface area contributed by atoms with E-state index in [4.69, 9.17) is 21.1 Å². The van der Waals surface area contributed by atoms with E-state index < -0.39 is 5.97 Å². The summed E-state index contributed by atoms with van der Waals surface area (Å²) in [7, 11) is 0. The Kier molecular flexibility index (Phi) is 4.04. The molecule has 2 aromatic rings. The first-order valence-corrected chi connectivity index (χ1v) is 6.66. The van der Waals surface area contributed by atoms with Crippen molar-refractivity contribution >= 4 is 33.5 Å². The molecule has 0 bridgehead atoms. The molecule has 1 heterocycles. The van der Waals surface area contributed by atoms with Gasteiger partial charge >= 0.3 is 5.97 Å². The van der Waals surface area contributed by atoms with Gasteiger partial charge < -0.3 is 9.52 Å². The van der Waals surface area contributed by atoms with Gasteiger partial charge in [0, 0.05) is 22.3 Å². The second-order valence-electron chi connectivity index (χ2n) is 3.55. The Balaban J connectivity index is 2.42. The van der Waals surface area contributed by atoms with Gasteiger partial charge in [0.25, 0.3) is 0 Å². The Morgan fingerprint density at radius 2 is 2.06 bits per heavy atom. The molecule has 1 aromatic carbocycles. The lowest BCUT2D eigenvalue weighted by atomic mass is 10.2. The molecule has 0 radical (unpaired) electrons. The zero-order chi connectivity index (χ0) is 13.1. The standard InChI is InChI=1S/C12H9BrClNO3/c13-6-5-9-10(12(16)17)18-11(15-9)7-1-3-8(14)4-2-7/h1-4H,5-6H2,(H,16,17). The number of hydrogen-bond acceptors (Lipinski definition) is 3. The summed E-state index contributed by atoms with van der Waals surface area (Å²) < 4.78 is 5.28. The highest BCUT2D eigenvalue weighted by atomic mass is 79.9. The molecule has 0 aliphatic heterocycles. The first kappa shape index (κ1) is 13.1. The van der Waals surface area contributed by atoms with E-state index in [1.165, 1.54) is 0 Å². The van der Waals surface area contributed by atoms with E-state index in [-0.39, 0.29) is 5.76 Å². The maximum absolute atomic E-state index is 11.0. The van der Waals surface area contributed by atoms with Crippen molar-refractivity contribution in [3.05, 3.63) is 40.7 Å². The Hall–Kier alpha value is -1.33. The molecule has 0 saturated carbocycles. The van der Waals surface area contributed by atoms with Crippen molar-refractivity contribution in [2.24, 2.45) is 0 Å². The number of benzene rings is 1. The van der Waals surface area contributed by atoms with Gasteiger partial charge in [-0.15, -0.1) is 0 Å². The molecule has 2 rings (SSSR count). The summed E-state index contributed by atoms with van der Waals surface area (Å²) in [6.07, 6.45) is 0.499. The van der Waals surface area contributed by atoms with Crippen LogP contribution in [0.15, 0.2) is 28.7 Å². The highest BCUT2D eigenvalue weighted by Gasteiger charge is 2.19. The van der Waals surface area contributed by atoms with Crippen LogP contribution < -0.4 is 0 Å². The predicted molar refractivity (Wildman–Crippen MR) is 71.4 cm³/mol. The van der Waals surface area contributed by atoms with Crippen LogP contribution in [0.3, 0.4) is 0 Å². The van der Waals surface area contributed by atoms with E-state index >= 15 is 0 Å². The first-order valence-electron chi connectivity index (χ1n) is 5.16. The van der Waals surface area contributed by atoms with Crippen LogP contribution >= 0.6 is 27.5 Å². The molecule has 18 heavy (non-hydrogen) atoms. The number of halogens is 2. The Morgan fingerprint density at radius 1 is 1.39 bits per heavy atom. The zero-order valence-electron chi connectivity index (χ0n) is 9.19. The van der Waals surface area contributed by atoms with Gasteiger partial charge in [-0.2, -0.15) is 0 Å². The lowest BCUT2D eigenvalue weighted by Gasteiger charge is -1.94. The summed E-state index contributed by atoms with van der Waals surface area (Å²) in [4.78, 5) is 15.2. The summed E-state index contributed by atoms with van der Waals surface area (Å²) in [5.41, 5.74) is 1.13. The molecule has 1 aromatic heterocycles. The lowest BCUT2D eigenvalue weighted by molar-refractivity contribution is 0.0662. The number of aromatic nitrogens is 1. The van der Waals surface area contributed by atoms with Crippen molar-refractivity contribution in [3.63, 3.8) is 0 Å². The zero-order valence-corrected chi connectivity index (χ0v) is 11.5. The number of aromatic carboxylic acids is 1. The van der Waals surface area contributed by atoms with E-state index in [9.17, 15) is 4.79 Å². The number of alkyl halides is 1. The summed E-state index contributed by atoms with van der Waals surface area (Å²) in [5, 5.41) is 10.3. The molecule has 0 amide bonds. The predicted octanol–water partition coefficient (Wildman–Crippen LogP) is 3.63. The van der Waals surface area contributed by atoms with E-state index in [1.807, 2.05) is 0 Å². The number of carboxylic acids is 1. The summed E-state index contributed by atoms with van der Waals surface area (Å²) >= 11 is 9.04. The van der Waals surface area contributed by atoms with E-state index in [0.717, 1.165) is 0 Å². The number of carboxylic acid groups (broad SMARTS) is 1. The number of rotatable bonds is 4. The van der Waals surface area contributed by atoms with Crippen molar-refractivity contribution < 1.29 is 14.3 Å². The molecule has 0 unspecified atom stereocenters. The number of aryl methyl sites for hydroxylation is 1. The van der Waals surface area contributed by atoms with Gasteiger partial charge in [0.15, 0.2) is 0 Å². The van der Waals surface area contributed by atoms with Crippen molar-refractivity contribution in [2.45, 2.75) is 6.42 Å². The molecule has 0 fully saturated rings. The maximum Gasteiger partial charge on any atom is 0.373 e. The molecule has 0 aliphatic carbocycles. The van der Waals surface area contributed by atoms with Crippen molar-refractivity contribution in [3.8, 4) is 11.5 Å². The number of hydrogen-bond donors (Lipinski definition) is 1. The van der Waals surface area contributed by atoms with Crippen LogP contribution in [0, 0.1) is 0 Å². The van der Waals surface area contributed by atoms with Crippen molar-refractivity contribution in [2.75, 3.05) is 5.33 Å². The Labute approximate surface area is 117 Å². The van der Waals surface area contributed by atoms with E-state index in [0.29, 0.717) is 33.9 Å². The highest BCUT2D eigenvalue weighted by Crippen LogP contribution is 2.24. The number of nitrogens with zero attached hydrogens (tertiary/aromatic N) is 1. The van der Waals surface area contributed by atoms with Crippen LogP contribution in [-0.2, 0) is 6.42 Å². The van der Waals surface area contributed by atoms with Gasteiger partial charge in [0.05, 0.1) is 5.69 Å². The van der Waals surface area contributed by atoms with E-state index in [1.54, 1.807) is 24.3 Å². The first-order chi connectivity index (χ1) is 8.61. The summed E-state index contributed by atoms with van der Waals surface area (Å²) in [6, 6.07) is 6.87. The van der Waals surface area contributed by atoms with Gasteiger partial charge in [0.2, 0.25) is 11.7 Å². The maximum atomic E-state index is 11.0. The minimum atomic E-state index is -1.11. The molecule has 0 aliphatic rings. The van der Waals surface area contributed by atoms with Crippen molar-refractivity contribution in [1.82, 2.24) is 4.98 Å². The monoisotopic (exact) mass is 329 g/mol. The fraction of sp³-hybridized carbons (Fsp3) is 0.167. The smallest absolute Gasteiger partial charge is 0.373 e. The van der Waals surface area contributed by atoms with Gasteiger partial charge in [-0.3, -0.25) is 0 Å². The summed E-state index contributed by atoms with van der Waals surface area (Å²) in [5.74, 6) is -0.932. The second-order valence-corrected chi connectivity index (χ2v) is 4.78. The molecular formula is C12H9BrClNO3. The highest BCUT2D eigenvalue weighted by molar-refractivity contribution is 9.09. The van der Waals surface area contributed by atoms with Crippen LogP contribution in [0.25, 0.3) is 11.5 Å². The third-order valence-corrected chi connectivity index (χ3v) is 2.96. The van der Waals surface area contributed by atoms with Gasteiger partial charge in [0.1, 0.15) is 0 Å². The van der Waals surface area contributed by atoms with Gasteiger partial charge in [-0.1, -0.05) is 27.5 Å². The topological polar surface area (TPSA) is 63.3 Å². The number of oxazole rings is 1. The molecule has 94 valence electrons. The SMILES string of the molecule is O=C(O)c1oc(-c2ccc(Cl)cc2)nc1CCBr. The molecule has 1 N–H and O–H groups in total. The third-order valence-electron chi connectivity index (χ3n) is 2.31. The fourth-order valence-corrected chi connectivity index (χ4v) is 2.00. The van der Waals surface area contributed by atoms with Crippen LogP contribution in [0.2, 0.25) is 5.02 Å². The molecule has 0 spiro atoms. The van der Waals surface area contributed by atoms with Crippen LogP contribution in [0.4, 0.5) is 0 Å². The number of carbonyl (C=O) groups is 1. The molecule has 6 heteroatoms. The molecule has 0 saturated heterocycles. The van der Waals surface area contributed by atoms with Gasteiger partial charge in [-0.25, -0.2) is 9.78 Å². The average Bonchev–Trinajstić information content (AvgIpc) is 2.75. The minimum absolute atomic E-state index is 0.112.